The molecule has 106 valence electrons. The summed E-state index contributed by atoms with van der Waals surface area (Å²) < 4.78 is 19.5. The molecule has 0 amide bonds. The summed E-state index contributed by atoms with van der Waals surface area (Å²) in [7, 11) is 1.94. The van der Waals surface area contributed by atoms with Crippen LogP contribution in [0.2, 0.25) is 0 Å². The van der Waals surface area contributed by atoms with E-state index in [4.69, 9.17) is 4.74 Å². The summed E-state index contributed by atoms with van der Waals surface area (Å²) in [6.07, 6.45) is 2.06. The van der Waals surface area contributed by atoms with Crippen LogP contribution < -0.4 is 10.2 Å². The van der Waals surface area contributed by atoms with Gasteiger partial charge in [0.2, 0.25) is 0 Å². The van der Waals surface area contributed by atoms with E-state index in [1.165, 1.54) is 0 Å². The Morgan fingerprint density at radius 2 is 2.32 bits per heavy atom. The van der Waals surface area contributed by atoms with E-state index in [1.807, 2.05) is 24.1 Å². The van der Waals surface area contributed by atoms with Crippen LogP contribution in [-0.2, 0) is 11.3 Å². The van der Waals surface area contributed by atoms with Crippen molar-refractivity contribution in [2.75, 3.05) is 31.7 Å². The molecule has 1 unspecified atom stereocenters. The van der Waals surface area contributed by atoms with Gasteiger partial charge in [0.1, 0.15) is 5.82 Å². The Bertz CT molecular complexity index is 405. The van der Waals surface area contributed by atoms with Crippen molar-refractivity contribution in [3.05, 3.63) is 29.6 Å². The van der Waals surface area contributed by atoms with E-state index < -0.39 is 0 Å². The number of ether oxygens (including phenoxy) is 1. The lowest BCUT2D eigenvalue weighted by molar-refractivity contribution is 0.193. The summed E-state index contributed by atoms with van der Waals surface area (Å²) >= 11 is 0. The minimum atomic E-state index is -0.148. The van der Waals surface area contributed by atoms with Crippen molar-refractivity contribution >= 4 is 5.69 Å². The van der Waals surface area contributed by atoms with Crippen LogP contribution in [0.3, 0.4) is 0 Å². The van der Waals surface area contributed by atoms with E-state index in [9.17, 15) is 4.39 Å². The molecule has 1 saturated heterocycles. The SMILES string of the molecule is CCCNCc1ccc(N(C)C2CCOC2)c(F)c1. The maximum Gasteiger partial charge on any atom is 0.146 e. The Balaban J connectivity index is 2.01. The van der Waals surface area contributed by atoms with Gasteiger partial charge in [-0.1, -0.05) is 13.0 Å². The number of rotatable bonds is 6. The summed E-state index contributed by atoms with van der Waals surface area (Å²) in [6, 6.07) is 5.78. The highest BCUT2D eigenvalue weighted by Gasteiger charge is 2.22. The van der Waals surface area contributed by atoms with Gasteiger partial charge in [-0.2, -0.15) is 0 Å². The topological polar surface area (TPSA) is 24.5 Å². The maximum atomic E-state index is 14.2. The van der Waals surface area contributed by atoms with Crippen LogP contribution in [0.15, 0.2) is 18.2 Å². The number of nitrogens with zero attached hydrogens (tertiary/aromatic N) is 1. The van der Waals surface area contributed by atoms with Crippen LogP contribution in [0.4, 0.5) is 10.1 Å². The van der Waals surface area contributed by atoms with Crippen molar-refractivity contribution in [3.8, 4) is 0 Å². The fourth-order valence-corrected chi connectivity index (χ4v) is 2.38. The molecule has 4 heteroatoms. The molecule has 2 rings (SSSR count). The van der Waals surface area contributed by atoms with Gasteiger partial charge >= 0.3 is 0 Å². The van der Waals surface area contributed by atoms with Gasteiger partial charge in [0.15, 0.2) is 0 Å². The molecule has 19 heavy (non-hydrogen) atoms. The van der Waals surface area contributed by atoms with Gasteiger partial charge in [0.25, 0.3) is 0 Å². The fourth-order valence-electron chi connectivity index (χ4n) is 2.38. The van der Waals surface area contributed by atoms with Crippen molar-refractivity contribution in [3.63, 3.8) is 0 Å². The minimum Gasteiger partial charge on any atom is -0.379 e. The highest BCUT2D eigenvalue weighted by atomic mass is 19.1. The molecule has 0 radical (unpaired) electrons. The highest BCUT2D eigenvalue weighted by molar-refractivity contribution is 5.49. The molecule has 1 N–H and O–H groups in total. The summed E-state index contributed by atoms with van der Waals surface area (Å²) in [4.78, 5) is 1.99. The van der Waals surface area contributed by atoms with Crippen molar-refractivity contribution in [2.45, 2.75) is 32.4 Å². The lowest BCUT2D eigenvalue weighted by atomic mass is 10.1. The first kappa shape index (κ1) is 14.3. The first-order valence-corrected chi connectivity index (χ1v) is 7.02. The van der Waals surface area contributed by atoms with Crippen molar-refractivity contribution in [1.82, 2.24) is 5.32 Å². The quantitative estimate of drug-likeness (QED) is 0.801. The van der Waals surface area contributed by atoms with Gasteiger partial charge in [-0.3, -0.25) is 0 Å². The monoisotopic (exact) mass is 266 g/mol. The van der Waals surface area contributed by atoms with Crippen molar-refractivity contribution in [1.29, 1.82) is 0 Å². The third-order valence-electron chi connectivity index (χ3n) is 3.60. The normalized spacial score (nSPS) is 18.8. The van der Waals surface area contributed by atoms with Crippen LogP contribution in [0.1, 0.15) is 25.3 Å². The van der Waals surface area contributed by atoms with Crippen LogP contribution in [0.25, 0.3) is 0 Å². The number of anilines is 1. The third kappa shape index (κ3) is 3.67. The zero-order chi connectivity index (χ0) is 13.7. The van der Waals surface area contributed by atoms with E-state index in [2.05, 4.69) is 12.2 Å². The van der Waals surface area contributed by atoms with Gasteiger partial charge in [-0.15, -0.1) is 0 Å². The second kappa shape index (κ2) is 6.87. The molecule has 0 aliphatic carbocycles. The van der Waals surface area contributed by atoms with Crippen molar-refractivity contribution < 1.29 is 9.13 Å². The average Bonchev–Trinajstić information content (AvgIpc) is 2.92. The van der Waals surface area contributed by atoms with Crippen LogP contribution in [-0.4, -0.2) is 32.8 Å². The number of likely N-dealkylation sites (N-methyl/N-ethyl adjacent to an activating group) is 1. The minimum absolute atomic E-state index is 0.148. The molecule has 1 aliphatic rings. The maximum absolute atomic E-state index is 14.2. The van der Waals surface area contributed by atoms with Gasteiger partial charge in [0.05, 0.1) is 18.3 Å². The smallest absolute Gasteiger partial charge is 0.146 e. The molecule has 0 bridgehead atoms. The predicted molar refractivity (Wildman–Crippen MR) is 76.0 cm³/mol. The molecule has 1 fully saturated rings. The van der Waals surface area contributed by atoms with E-state index in [0.717, 1.165) is 38.1 Å². The summed E-state index contributed by atoms with van der Waals surface area (Å²) in [5, 5.41) is 3.28. The zero-order valence-corrected chi connectivity index (χ0v) is 11.8. The molecule has 3 nitrogen and oxygen atoms in total. The van der Waals surface area contributed by atoms with Gasteiger partial charge in [0, 0.05) is 20.2 Å². The summed E-state index contributed by atoms with van der Waals surface area (Å²) in [5.74, 6) is -0.148. The van der Waals surface area contributed by atoms with E-state index in [1.54, 1.807) is 6.07 Å². The molecule has 1 aromatic rings. The Morgan fingerprint density at radius 1 is 1.47 bits per heavy atom. The lowest BCUT2D eigenvalue weighted by Gasteiger charge is -2.26. The van der Waals surface area contributed by atoms with Gasteiger partial charge in [-0.05, 0) is 37.1 Å². The van der Waals surface area contributed by atoms with E-state index in [0.29, 0.717) is 18.3 Å². The standard InChI is InChI=1S/C15H23FN2O/c1-3-7-17-10-12-4-5-15(14(16)9-12)18(2)13-6-8-19-11-13/h4-5,9,13,17H,3,6-8,10-11H2,1-2H3. The molecule has 1 atom stereocenters. The Labute approximate surface area is 114 Å². The van der Waals surface area contributed by atoms with Crippen LogP contribution >= 0.6 is 0 Å². The molecule has 1 heterocycles. The lowest BCUT2D eigenvalue weighted by Crippen LogP contribution is -2.32. The number of halogens is 1. The Kier molecular flexibility index (Phi) is 5.16. The Hall–Kier alpha value is -1.13. The average molecular weight is 266 g/mol. The van der Waals surface area contributed by atoms with E-state index >= 15 is 0 Å². The van der Waals surface area contributed by atoms with Crippen molar-refractivity contribution in [2.24, 2.45) is 0 Å². The molecule has 1 aliphatic heterocycles. The van der Waals surface area contributed by atoms with Crippen LogP contribution in [0.5, 0.6) is 0 Å². The molecule has 0 spiro atoms. The zero-order valence-electron chi connectivity index (χ0n) is 11.8. The number of benzene rings is 1. The fraction of sp³-hybridized carbons (Fsp3) is 0.600. The van der Waals surface area contributed by atoms with E-state index in [-0.39, 0.29) is 5.82 Å². The second-order valence-electron chi connectivity index (χ2n) is 5.09. The number of nitrogens with one attached hydrogen (secondary N) is 1. The number of hydrogen-bond acceptors (Lipinski definition) is 3. The molecular weight excluding hydrogens is 243 g/mol. The first-order valence-electron chi connectivity index (χ1n) is 7.02. The largest absolute Gasteiger partial charge is 0.379 e. The molecular formula is C15H23FN2O. The highest BCUT2D eigenvalue weighted by Crippen LogP contribution is 2.24. The first-order chi connectivity index (χ1) is 9.22. The van der Waals surface area contributed by atoms with Gasteiger partial charge < -0.3 is 15.0 Å². The summed E-state index contributed by atoms with van der Waals surface area (Å²) in [6.45, 7) is 5.27. The predicted octanol–water partition coefficient (Wildman–Crippen LogP) is 2.55. The molecule has 0 aromatic heterocycles. The van der Waals surface area contributed by atoms with Crippen LogP contribution in [0, 0.1) is 5.82 Å². The Morgan fingerprint density at radius 3 is 2.95 bits per heavy atom. The molecule has 0 saturated carbocycles. The second-order valence-corrected chi connectivity index (χ2v) is 5.09. The summed E-state index contributed by atoms with van der Waals surface area (Å²) in [5.41, 5.74) is 1.65. The number of hydrogen-bond donors (Lipinski definition) is 1. The third-order valence-corrected chi connectivity index (χ3v) is 3.60. The van der Waals surface area contributed by atoms with Gasteiger partial charge in [-0.25, -0.2) is 4.39 Å². The molecule has 1 aromatic carbocycles.